The first kappa shape index (κ1) is 17.6. The van der Waals surface area contributed by atoms with E-state index in [4.69, 9.17) is 4.42 Å². The molecule has 0 radical (unpaired) electrons. The number of furan rings is 1. The largest absolute Gasteiger partial charge is 0.433 e. The summed E-state index contributed by atoms with van der Waals surface area (Å²) >= 11 is 3.39. The van der Waals surface area contributed by atoms with Crippen LogP contribution in [0, 0.1) is 10.1 Å². The quantitative estimate of drug-likeness (QED) is 0.373. The number of halogens is 1. The second kappa shape index (κ2) is 7.79. The Morgan fingerprint density at radius 2 is 2.08 bits per heavy atom. The molecule has 3 rings (SSSR count). The van der Waals surface area contributed by atoms with Crippen molar-refractivity contribution in [3.05, 3.63) is 80.8 Å². The lowest BCUT2D eigenvalue weighted by atomic mass is 10.2. The second-order valence-electron chi connectivity index (χ2n) is 5.31. The maximum Gasteiger partial charge on any atom is 0.433 e. The zero-order valence-corrected chi connectivity index (χ0v) is 14.9. The topological polar surface area (TPSA) is 103 Å². The number of carbonyl (C=O) groups excluding carboxylic acids is 1. The van der Waals surface area contributed by atoms with E-state index in [1.165, 1.54) is 24.3 Å². The highest BCUT2D eigenvalue weighted by molar-refractivity contribution is 9.10. The number of amides is 1. The summed E-state index contributed by atoms with van der Waals surface area (Å²) in [5.41, 5.74) is 1.62. The molecule has 0 spiro atoms. The van der Waals surface area contributed by atoms with Crippen LogP contribution in [0.4, 0.5) is 11.6 Å². The minimum absolute atomic E-state index is 0.220. The number of aromatic nitrogens is 2. The third-order valence-corrected chi connectivity index (χ3v) is 3.88. The number of rotatable bonds is 6. The van der Waals surface area contributed by atoms with Crippen molar-refractivity contribution in [3.63, 3.8) is 0 Å². The third kappa shape index (κ3) is 4.67. The molecule has 2 aromatic heterocycles. The molecule has 0 saturated carbocycles. The van der Waals surface area contributed by atoms with Crippen LogP contribution in [0.2, 0.25) is 0 Å². The van der Waals surface area contributed by atoms with Gasteiger partial charge in [-0.3, -0.25) is 19.6 Å². The smallest absolute Gasteiger partial charge is 0.401 e. The zero-order valence-electron chi connectivity index (χ0n) is 13.3. The summed E-state index contributed by atoms with van der Waals surface area (Å²) in [4.78, 5) is 21.8. The first-order chi connectivity index (χ1) is 12.5. The highest BCUT2D eigenvalue weighted by atomic mass is 79.9. The maximum absolute atomic E-state index is 11.9. The van der Waals surface area contributed by atoms with Crippen molar-refractivity contribution in [3.8, 4) is 0 Å². The molecule has 26 heavy (non-hydrogen) atoms. The Morgan fingerprint density at radius 3 is 2.77 bits per heavy atom. The molecule has 8 nitrogen and oxygen atoms in total. The van der Waals surface area contributed by atoms with Gasteiger partial charge in [0.05, 0.1) is 24.5 Å². The van der Waals surface area contributed by atoms with Crippen molar-refractivity contribution < 1.29 is 14.1 Å². The van der Waals surface area contributed by atoms with Crippen LogP contribution in [-0.2, 0) is 11.3 Å². The Labute approximate surface area is 156 Å². The fraction of sp³-hybridized carbons (Fsp3) is 0.0588. The molecule has 0 atom stereocenters. The summed E-state index contributed by atoms with van der Waals surface area (Å²) < 4.78 is 7.65. The van der Waals surface area contributed by atoms with Gasteiger partial charge in [-0.25, -0.2) is 0 Å². The van der Waals surface area contributed by atoms with E-state index in [0.717, 1.165) is 10.0 Å². The summed E-state index contributed by atoms with van der Waals surface area (Å²) in [5.74, 6) is -0.552. The number of benzene rings is 1. The monoisotopic (exact) mass is 416 g/mol. The molecule has 1 aromatic carbocycles. The molecule has 3 aromatic rings. The lowest BCUT2D eigenvalue weighted by molar-refractivity contribution is -0.402. The molecule has 0 aliphatic rings. The third-order valence-electron chi connectivity index (χ3n) is 3.35. The number of anilines is 1. The molecule has 0 aliphatic heterocycles. The molecule has 0 aliphatic carbocycles. The van der Waals surface area contributed by atoms with Gasteiger partial charge in [-0.2, -0.15) is 5.10 Å². The number of nitrogens with zero attached hydrogens (tertiary/aromatic N) is 3. The van der Waals surface area contributed by atoms with Crippen LogP contribution in [0.25, 0.3) is 6.08 Å². The first-order valence-corrected chi connectivity index (χ1v) is 8.29. The van der Waals surface area contributed by atoms with Crippen molar-refractivity contribution in [2.75, 3.05) is 5.32 Å². The van der Waals surface area contributed by atoms with Crippen molar-refractivity contribution in [1.82, 2.24) is 9.78 Å². The Morgan fingerprint density at radius 1 is 1.31 bits per heavy atom. The van der Waals surface area contributed by atoms with Crippen molar-refractivity contribution in [2.45, 2.75) is 6.54 Å². The van der Waals surface area contributed by atoms with Gasteiger partial charge in [-0.1, -0.05) is 28.1 Å². The predicted octanol–water partition coefficient (Wildman–Crippen LogP) is 3.85. The fourth-order valence-corrected chi connectivity index (χ4v) is 2.43. The van der Waals surface area contributed by atoms with Gasteiger partial charge in [0, 0.05) is 16.7 Å². The van der Waals surface area contributed by atoms with E-state index >= 15 is 0 Å². The predicted molar refractivity (Wildman–Crippen MR) is 98.5 cm³/mol. The molecule has 132 valence electrons. The normalized spacial score (nSPS) is 11.0. The van der Waals surface area contributed by atoms with E-state index in [1.807, 2.05) is 24.3 Å². The lowest BCUT2D eigenvalue weighted by Crippen LogP contribution is -2.07. The average Bonchev–Trinajstić information content (AvgIpc) is 3.25. The molecular weight excluding hydrogens is 404 g/mol. The van der Waals surface area contributed by atoms with Gasteiger partial charge in [0.15, 0.2) is 0 Å². The molecule has 1 amide bonds. The Bertz CT molecular complexity index is 959. The number of nitrogens with one attached hydrogen (secondary N) is 1. The average molecular weight is 417 g/mol. The highest BCUT2D eigenvalue weighted by Gasteiger charge is 2.10. The molecule has 0 saturated heterocycles. The van der Waals surface area contributed by atoms with Crippen LogP contribution >= 0.6 is 15.9 Å². The zero-order chi connectivity index (χ0) is 18.5. The van der Waals surface area contributed by atoms with Crippen LogP contribution in [0.1, 0.15) is 11.3 Å². The molecule has 0 unspecified atom stereocenters. The van der Waals surface area contributed by atoms with Crippen molar-refractivity contribution >= 4 is 39.5 Å². The number of carbonyl (C=O) groups is 1. The fourth-order valence-electron chi connectivity index (χ4n) is 2.16. The summed E-state index contributed by atoms with van der Waals surface area (Å²) in [6.45, 7) is 0.578. The minimum atomic E-state index is -0.642. The molecule has 9 heteroatoms. The van der Waals surface area contributed by atoms with Crippen LogP contribution in [-0.4, -0.2) is 20.6 Å². The summed E-state index contributed by atoms with van der Waals surface area (Å²) in [7, 11) is 0. The standard InChI is InChI=1S/C17H13BrN4O4/c18-13-3-1-12(2-4-13)10-21-11-14(9-19-21)20-16(23)7-5-15-6-8-17(26-15)22(24)25/h1-9,11H,10H2,(H,20,23)/b7-5+. The van der Waals surface area contributed by atoms with Crippen LogP contribution in [0.5, 0.6) is 0 Å². The molecule has 0 fully saturated rings. The summed E-state index contributed by atoms with van der Waals surface area (Å²) in [6, 6.07) is 10.5. The number of hydrogen-bond acceptors (Lipinski definition) is 5. The van der Waals surface area contributed by atoms with Gasteiger partial charge in [0.1, 0.15) is 10.7 Å². The number of hydrogen-bond donors (Lipinski definition) is 1. The number of nitro groups is 1. The van der Waals surface area contributed by atoms with Gasteiger partial charge < -0.3 is 9.73 Å². The van der Waals surface area contributed by atoms with E-state index in [9.17, 15) is 14.9 Å². The van der Waals surface area contributed by atoms with Gasteiger partial charge in [-0.05, 0) is 29.8 Å². The van der Waals surface area contributed by atoms with Crippen LogP contribution < -0.4 is 5.32 Å². The van der Waals surface area contributed by atoms with E-state index in [1.54, 1.807) is 17.1 Å². The minimum Gasteiger partial charge on any atom is -0.401 e. The van der Waals surface area contributed by atoms with Crippen LogP contribution in [0.15, 0.2) is 63.8 Å². The summed E-state index contributed by atoms with van der Waals surface area (Å²) in [5, 5.41) is 17.4. The molecule has 0 bridgehead atoms. The van der Waals surface area contributed by atoms with Gasteiger partial charge in [-0.15, -0.1) is 0 Å². The second-order valence-corrected chi connectivity index (χ2v) is 6.22. The van der Waals surface area contributed by atoms with Gasteiger partial charge >= 0.3 is 5.88 Å². The SMILES string of the molecule is O=C(/C=C/c1ccc([N+](=O)[O-])o1)Nc1cnn(Cc2ccc(Br)cc2)c1. The van der Waals surface area contributed by atoms with Crippen molar-refractivity contribution in [2.24, 2.45) is 0 Å². The van der Waals surface area contributed by atoms with E-state index < -0.39 is 10.8 Å². The Kier molecular flexibility index (Phi) is 5.28. The molecular formula is C17H13BrN4O4. The highest BCUT2D eigenvalue weighted by Crippen LogP contribution is 2.17. The Balaban J connectivity index is 1.57. The maximum atomic E-state index is 11.9. The Hall–Kier alpha value is -3.20. The van der Waals surface area contributed by atoms with Gasteiger partial charge in [0.25, 0.3) is 0 Å². The van der Waals surface area contributed by atoms with Crippen molar-refractivity contribution in [1.29, 1.82) is 0 Å². The van der Waals surface area contributed by atoms with E-state index in [2.05, 4.69) is 26.3 Å². The van der Waals surface area contributed by atoms with Gasteiger partial charge in [0.2, 0.25) is 5.91 Å². The lowest BCUT2D eigenvalue weighted by Gasteiger charge is -2.01. The molecule has 2 heterocycles. The summed E-state index contributed by atoms with van der Waals surface area (Å²) in [6.07, 6.45) is 5.84. The molecule has 1 N–H and O–H groups in total. The first-order valence-electron chi connectivity index (χ1n) is 7.50. The van der Waals surface area contributed by atoms with Crippen LogP contribution in [0.3, 0.4) is 0 Å². The van der Waals surface area contributed by atoms with E-state index in [-0.39, 0.29) is 11.6 Å². The van der Waals surface area contributed by atoms with E-state index in [0.29, 0.717) is 12.2 Å².